The Morgan fingerprint density at radius 2 is 1.78 bits per heavy atom. The lowest BCUT2D eigenvalue weighted by atomic mass is 10.1. The summed E-state index contributed by atoms with van der Waals surface area (Å²) in [6.45, 7) is 4.49. The molecule has 0 heterocycles. The third-order valence-corrected chi connectivity index (χ3v) is 5.73. The molecule has 0 radical (unpaired) electrons. The molecule has 0 amide bonds. The van der Waals surface area contributed by atoms with Gasteiger partial charge in [-0.05, 0) is 49.0 Å². The fourth-order valence-corrected chi connectivity index (χ4v) is 4.17. The predicted molar refractivity (Wildman–Crippen MR) is 116 cm³/mol. The number of methoxy groups -OCH3 is 1. The van der Waals surface area contributed by atoms with Crippen LogP contribution in [-0.4, -0.2) is 20.1 Å². The highest BCUT2D eigenvalue weighted by atomic mass is 31.1. The summed E-state index contributed by atoms with van der Waals surface area (Å²) in [6.07, 6.45) is 1.95. The van der Waals surface area contributed by atoms with E-state index in [1.807, 2.05) is 42.6 Å². The molecule has 3 aromatic carbocycles. The molecule has 3 nitrogen and oxygen atoms in total. The molecular formula is C23H24NO2P. The molecule has 0 N–H and O–H groups in total. The van der Waals surface area contributed by atoms with Gasteiger partial charge in [-0.25, -0.2) is 0 Å². The van der Waals surface area contributed by atoms with Crippen molar-refractivity contribution >= 4 is 31.1 Å². The summed E-state index contributed by atoms with van der Waals surface area (Å²) in [5.74, 6) is 0.870. The smallest absolute Gasteiger partial charge is 0.188 e. The van der Waals surface area contributed by atoms with E-state index in [0.29, 0.717) is 8.58 Å². The second kappa shape index (κ2) is 9.45. The minimum Gasteiger partial charge on any atom is -0.467 e. The number of benzene rings is 3. The molecule has 3 aromatic rings. The van der Waals surface area contributed by atoms with E-state index in [1.165, 1.54) is 21.7 Å². The first-order chi connectivity index (χ1) is 13.2. The van der Waals surface area contributed by atoms with Crippen molar-refractivity contribution in [2.75, 3.05) is 13.9 Å². The van der Waals surface area contributed by atoms with E-state index < -0.39 is 0 Å². The summed E-state index contributed by atoms with van der Waals surface area (Å²) in [5.41, 5.74) is 4.56. The van der Waals surface area contributed by atoms with Gasteiger partial charge in [0.2, 0.25) is 0 Å². The van der Waals surface area contributed by atoms with Crippen molar-refractivity contribution in [1.29, 1.82) is 0 Å². The van der Waals surface area contributed by atoms with Crippen molar-refractivity contribution in [2.45, 2.75) is 13.8 Å². The van der Waals surface area contributed by atoms with E-state index in [2.05, 4.69) is 49.2 Å². The third-order valence-electron chi connectivity index (χ3n) is 4.14. The fraction of sp³-hybridized carbons (Fsp3) is 0.174. The lowest BCUT2D eigenvalue weighted by Gasteiger charge is -2.15. The molecule has 3 rings (SSSR count). The van der Waals surface area contributed by atoms with E-state index in [1.54, 1.807) is 7.11 Å². The highest BCUT2D eigenvalue weighted by molar-refractivity contribution is 7.56. The van der Waals surface area contributed by atoms with E-state index in [0.717, 1.165) is 17.0 Å². The molecule has 138 valence electrons. The molecule has 0 bridgehead atoms. The van der Waals surface area contributed by atoms with Crippen molar-refractivity contribution in [3.8, 4) is 5.75 Å². The van der Waals surface area contributed by atoms with Gasteiger partial charge >= 0.3 is 0 Å². The Hall–Kier alpha value is -2.48. The monoisotopic (exact) mass is 377 g/mol. The van der Waals surface area contributed by atoms with Crippen LogP contribution in [-0.2, 0) is 4.74 Å². The SMILES string of the molecule is COCOc1ccc(C)cc1Pc1c(C)cccc1/C=N/c1ccccc1. The Morgan fingerprint density at radius 3 is 2.56 bits per heavy atom. The molecule has 0 saturated heterocycles. The molecule has 0 spiro atoms. The number of ether oxygens (including phenoxy) is 2. The summed E-state index contributed by atoms with van der Waals surface area (Å²) in [7, 11) is 2.11. The Kier molecular flexibility index (Phi) is 6.75. The molecular weight excluding hydrogens is 353 g/mol. The Balaban J connectivity index is 1.94. The molecule has 0 aliphatic heterocycles. The number of nitrogens with zero attached hydrogens (tertiary/aromatic N) is 1. The molecule has 0 saturated carbocycles. The van der Waals surface area contributed by atoms with E-state index in [9.17, 15) is 0 Å². The predicted octanol–water partition coefficient (Wildman–Crippen LogP) is 4.67. The van der Waals surface area contributed by atoms with Gasteiger partial charge in [-0.1, -0.05) is 56.6 Å². The van der Waals surface area contributed by atoms with E-state index in [-0.39, 0.29) is 6.79 Å². The van der Waals surface area contributed by atoms with Crippen molar-refractivity contribution in [3.63, 3.8) is 0 Å². The highest BCUT2D eigenvalue weighted by Crippen LogP contribution is 2.24. The average Bonchev–Trinajstić information content (AvgIpc) is 2.68. The molecule has 0 fully saturated rings. The number of aliphatic imine (C=N–C) groups is 1. The zero-order valence-corrected chi connectivity index (χ0v) is 16.9. The highest BCUT2D eigenvalue weighted by Gasteiger charge is 2.10. The van der Waals surface area contributed by atoms with Gasteiger partial charge in [0.25, 0.3) is 0 Å². The van der Waals surface area contributed by atoms with Gasteiger partial charge in [-0.2, -0.15) is 0 Å². The zero-order chi connectivity index (χ0) is 19.1. The molecule has 4 heteroatoms. The summed E-state index contributed by atoms with van der Waals surface area (Å²) in [4.78, 5) is 4.64. The first-order valence-electron chi connectivity index (χ1n) is 8.85. The van der Waals surface area contributed by atoms with E-state index in [4.69, 9.17) is 9.47 Å². The standard InChI is InChI=1S/C23H24NO2P/c1-17-12-13-21(26-16-25-3)22(14-17)27-23-18(2)8-7-9-19(23)15-24-20-10-5-4-6-11-20/h4-15,27H,16H2,1-3H3/b24-15+. The van der Waals surface area contributed by atoms with Crippen molar-refractivity contribution in [3.05, 3.63) is 83.4 Å². The lowest BCUT2D eigenvalue weighted by molar-refractivity contribution is 0.0519. The van der Waals surface area contributed by atoms with Gasteiger partial charge in [-0.3, -0.25) is 4.99 Å². The molecule has 1 unspecified atom stereocenters. The first kappa shape index (κ1) is 19.3. The molecule has 0 aliphatic rings. The van der Waals surface area contributed by atoms with Crippen LogP contribution in [0.3, 0.4) is 0 Å². The zero-order valence-electron chi connectivity index (χ0n) is 15.9. The Labute approximate surface area is 162 Å². The molecule has 0 aliphatic carbocycles. The minimum absolute atomic E-state index is 0.247. The Morgan fingerprint density at radius 1 is 0.963 bits per heavy atom. The van der Waals surface area contributed by atoms with Crippen molar-refractivity contribution in [2.24, 2.45) is 4.99 Å². The van der Waals surface area contributed by atoms with Crippen LogP contribution in [0.2, 0.25) is 0 Å². The minimum atomic E-state index is 0.247. The third kappa shape index (κ3) is 5.26. The summed E-state index contributed by atoms with van der Waals surface area (Å²) in [5, 5.41) is 2.46. The number of rotatable bonds is 7. The van der Waals surface area contributed by atoms with Crippen LogP contribution in [0.15, 0.2) is 71.7 Å². The second-order valence-corrected chi connectivity index (χ2v) is 7.60. The number of hydrogen-bond donors (Lipinski definition) is 0. The van der Waals surface area contributed by atoms with Crippen LogP contribution in [0, 0.1) is 13.8 Å². The van der Waals surface area contributed by atoms with Gasteiger partial charge in [0.05, 0.1) is 5.69 Å². The van der Waals surface area contributed by atoms with Gasteiger partial charge in [-0.15, -0.1) is 0 Å². The van der Waals surface area contributed by atoms with E-state index >= 15 is 0 Å². The van der Waals surface area contributed by atoms with Crippen LogP contribution in [0.1, 0.15) is 16.7 Å². The largest absolute Gasteiger partial charge is 0.467 e. The number of para-hydroxylation sites is 1. The molecule has 27 heavy (non-hydrogen) atoms. The van der Waals surface area contributed by atoms with Gasteiger partial charge < -0.3 is 9.47 Å². The first-order valence-corrected chi connectivity index (χ1v) is 9.85. The quantitative estimate of drug-likeness (QED) is 0.340. The lowest BCUT2D eigenvalue weighted by Crippen LogP contribution is -2.15. The van der Waals surface area contributed by atoms with Crippen molar-refractivity contribution in [1.82, 2.24) is 0 Å². The van der Waals surface area contributed by atoms with Crippen LogP contribution in [0.4, 0.5) is 5.69 Å². The topological polar surface area (TPSA) is 30.8 Å². The van der Waals surface area contributed by atoms with Crippen LogP contribution in [0.5, 0.6) is 5.75 Å². The maximum atomic E-state index is 5.77. The van der Waals surface area contributed by atoms with Crippen molar-refractivity contribution < 1.29 is 9.47 Å². The maximum Gasteiger partial charge on any atom is 0.188 e. The van der Waals surface area contributed by atoms with Crippen LogP contribution in [0.25, 0.3) is 0 Å². The normalized spacial score (nSPS) is 11.5. The molecule has 0 aromatic heterocycles. The Bertz CT molecular complexity index is 923. The van der Waals surface area contributed by atoms with Gasteiger partial charge in [0, 0.05) is 24.2 Å². The fourth-order valence-electron chi connectivity index (χ4n) is 2.75. The maximum absolute atomic E-state index is 5.77. The summed E-state index contributed by atoms with van der Waals surface area (Å²) in [6, 6.07) is 22.6. The van der Waals surface area contributed by atoms with Crippen LogP contribution < -0.4 is 15.3 Å². The van der Waals surface area contributed by atoms with Gasteiger partial charge in [0.1, 0.15) is 5.75 Å². The number of aryl methyl sites for hydroxylation is 2. The average molecular weight is 377 g/mol. The number of hydrogen-bond acceptors (Lipinski definition) is 3. The summed E-state index contributed by atoms with van der Waals surface area (Å²) < 4.78 is 10.8. The van der Waals surface area contributed by atoms with Crippen LogP contribution >= 0.6 is 8.58 Å². The molecule has 1 atom stereocenters. The van der Waals surface area contributed by atoms with Gasteiger partial charge in [0.15, 0.2) is 6.79 Å². The second-order valence-electron chi connectivity index (χ2n) is 6.31. The summed E-state index contributed by atoms with van der Waals surface area (Å²) >= 11 is 0.